The summed E-state index contributed by atoms with van der Waals surface area (Å²) >= 11 is 0. The van der Waals surface area contributed by atoms with Crippen molar-refractivity contribution >= 4 is 22.5 Å². The molecule has 2 aromatic carbocycles. The number of aromatic hydroxyl groups is 1. The number of rotatable bonds is 10. The van der Waals surface area contributed by atoms with Gasteiger partial charge in [-0.1, -0.05) is 19.8 Å². The third-order valence-corrected chi connectivity index (χ3v) is 4.89. The minimum Gasteiger partial charge on any atom is -0.497 e. The predicted molar refractivity (Wildman–Crippen MR) is 118 cm³/mol. The van der Waals surface area contributed by atoms with E-state index in [0.29, 0.717) is 29.2 Å². The molecule has 8 heteroatoms. The second-order valence-electron chi connectivity index (χ2n) is 6.97. The number of fused-ring (bicyclic) bond motifs is 1. The Balaban J connectivity index is 1.78. The number of amides is 1. The first kappa shape index (κ1) is 22.1. The molecule has 0 bridgehead atoms. The van der Waals surface area contributed by atoms with Crippen molar-refractivity contribution in [2.45, 2.75) is 32.7 Å². The second-order valence-corrected chi connectivity index (χ2v) is 6.97. The molecule has 3 aromatic rings. The lowest BCUT2D eigenvalue weighted by atomic mass is 10.2. The highest BCUT2D eigenvalue weighted by Crippen LogP contribution is 2.40. The number of carbonyl (C=O) groups is 1. The fourth-order valence-corrected chi connectivity index (χ4v) is 3.23. The van der Waals surface area contributed by atoms with E-state index in [-0.39, 0.29) is 18.2 Å². The van der Waals surface area contributed by atoms with Crippen molar-refractivity contribution in [2.24, 2.45) is 10.2 Å². The molecule has 31 heavy (non-hydrogen) atoms. The van der Waals surface area contributed by atoms with Gasteiger partial charge in [0.25, 0.3) is 0 Å². The van der Waals surface area contributed by atoms with Crippen LogP contribution in [0.5, 0.6) is 23.1 Å². The first-order chi connectivity index (χ1) is 15.1. The fourth-order valence-electron chi connectivity index (χ4n) is 3.23. The molecule has 0 aliphatic carbocycles. The summed E-state index contributed by atoms with van der Waals surface area (Å²) in [6.07, 6.45) is 3.04. The summed E-state index contributed by atoms with van der Waals surface area (Å²) in [6, 6.07) is 12.3. The number of aromatic nitrogens is 1. The van der Waals surface area contributed by atoms with Crippen LogP contribution in [0.25, 0.3) is 10.9 Å². The van der Waals surface area contributed by atoms with Gasteiger partial charge in [-0.15, -0.1) is 10.2 Å². The quantitative estimate of drug-likeness (QED) is 0.354. The van der Waals surface area contributed by atoms with E-state index >= 15 is 0 Å². The number of ether oxygens (including phenoxy) is 3. The lowest BCUT2D eigenvalue weighted by Crippen LogP contribution is -2.07. The zero-order valence-electron chi connectivity index (χ0n) is 18.0. The molecule has 0 aliphatic heterocycles. The van der Waals surface area contributed by atoms with Crippen molar-refractivity contribution in [1.29, 1.82) is 0 Å². The van der Waals surface area contributed by atoms with Crippen LogP contribution in [-0.2, 0) is 11.3 Å². The second kappa shape index (κ2) is 10.5. The van der Waals surface area contributed by atoms with Gasteiger partial charge in [0.1, 0.15) is 17.2 Å². The first-order valence-corrected chi connectivity index (χ1v) is 10.2. The molecule has 8 nitrogen and oxygen atoms in total. The van der Waals surface area contributed by atoms with Gasteiger partial charge < -0.3 is 23.9 Å². The Morgan fingerprint density at radius 3 is 2.35 bits per heavy atom. The number of hydrogen-bond acceptors (Lipinski definition) is 6. The standard InChI is InChI=1S/C23H27N3O5/c1-4-5-6-13-26-20-12-11-18(30-3)14-19(20)22(23(26)28)25-24-21(27)15-31-17-9-7-16(29-2)8-10-17/h7-12,14,28H,4-6,13,15H2,1-3H3. The third kappa shape index (κ3) is 5.33. The Hall–Kier alpha value is -3.55. The SMILES string of the molecule is CCCCCn1c(O)c(N=NC(=O)COc2ccc(OC)cc2)c2cc(OC)ccc21. The number of aryl methyl sites for hydroxylation is 1. The van der Waals surface area contributed by atoms with Crippen LogP contribution in [0.4, 0.5) is 5.69 Å². The number of hydrogen-bond donors (Lipinski definition) is 1. The zero-order chi connectivity index (χ0) is 22.2. The Morgan fingerprint density at radius 2 is 1.68 bits per heavy atom. The molecule has 1 aromatic heterocycles. The molecule has 3 rings (SSSR count). The van der Waals surface area contributed by atoms with Crippen LogP contribution in [-0.4, -0.2) is 36.4 Å². The van der Waals surface area contributed by atoms with Gasteiger partial charge in [0.15, 0.2) is 12.3 Å². The van der Waals surface area contributed by atoms with Crippen molar-refractivity contribution in [1.82, 2.24) is 4.57 Å². The molecule has 0 unspecified atom stereocenters. The smallest absolute Gasteiger partial charge is 0.302 e. The molecule has 1 amide bonds. The summed E-state index contributed by atoms with van der Waals surface area (Å²) in [5, 5.41) is 19.2. The average molecular weight is 425 g/mol. The Bertz CT molecular complexity index is 1060. The highest BCUT2D eigenvalue weighted by atomic mass is 16.5. The van der Waals surface area contributed by atoms with Crippen molar-refractivity contribution < 1.29 is 24.1 Å². The highest BCUT2D eigenvalue weighted by Gasteiger charge is 2.18. The van der Waals surface area contributed by atoms with Crippen molar-refractivity contribution in [2.75, 3.05) is 20.8 Å². The van der Waals surface area contributed by atoms with E-state index in [9.17, 15) is 9.90 Å². The van der Waals surface area contributed by atoms with Gasteiger partial charge >= 0.3 is 5.91 Å². The Kier molecular flexibility index (Phi) is 7.48. The predicted octanol–water partition coefficient (Wildman–Crippen LogP) is 5.24. The van der Waals surface area contributed by atoms with Gasteiger partial charge in [0.2, 0.25) is 5.88 Å². The van der Waals surface area contributed by atoms with Gasteiger partial charge in [-0.2, -0.15) is 0 Å². The molecule has 0 spiro atoms. The van der Waals surface area contributed by atoms with Crippen molar-refractivity contribution in [3.8, 4) is 23.1 Å². The molecule has 0 aliphatic rings. The van der Waals surface area contributed by atoms with Crippen LogP contribution in [0.15, 0.2) is 52.7 Å². The Morgan fingerprint density at radius 1 is 1.00 bits per heavy atom. The summed E-state index contributed by atoms with van der Waals surface area (Å²) in [6.45, 7) is 2.50. The number of azo groups is 1. The molecule has 0 radical (unpaired) electrons. The van der Waals surface area contributed by atoms with E-state index in [4.69, 9.17) is 14.2 Å². The van der Waals surface area contributed by atoms with Crippen LogP contribution >= 0.6 is 0 Å². The molecule has 0 saturated heterocycles. The minimum absolute atomic E-state index is 0.0213. The van der Waals surface area contributed by atoms with Crippen LogP contribution < -0.4 is 14.2 Å². The number of methoxy groups -OCH3 is 2. The zero-order valence-corrected chi connectivity index (χ0v) is 18.0. The minimum atomic E-state index is -0.565. The summed E-state index contributed by atoms with van der Waals surface area (Å²) < 4.78 is 17.6. The lowest BCUT2D eigenvalue weighted by molar-refractivity contribution is -0.120. The number of nitrogens with zero attached hydrogens (tertiary/aromatic N) is 3. The van der Waals surface area contributed by atoms with E-state index in [1.165, 1.54) is 0 Å². The number of benzene rings is 2. The van der Waals surface area contributed by atoms with E-state index < -0.39 is 5.91 Å². The van der Waals surface area contributed by atoms with E-state index in [0.717, 1.165) is 24.8 Å². The molecular weight excluding hydrogens is 398 g/mol. The maximum absolute atomic E-state index is 12.2. The average Bonchev–Trinajstić information content (AvgIpc) is 3.06. The normalized spacial score (nSPS) is 11.2. The molecule has 0 saturated carbocycles. The molecule has 1 heterocycles. The topological polar surface area (TPSA) is 94.6 Å². The largest absolute Gasteiger partial charge is 0.497 e. The molecule has 1 N–H and O–H groups in total. The number of unbranched alkanes of at least 4 members (excludes halogenated alkanes) is 2. The third-order valence-electron chi connectivity index (χ3n) is 4.89. The maximum Gasteiger partial charge on any atom is 0.302 e. The van der Waals surface area contributed by atoms with Crippen molar-refractivity contribution in [3.05, 3.63) is 42.5 Å². The van der Waals surface area contributed by atoms with Gasteiger partial charge in [-0.05, 0) is 48.9 Å². The molecule has 0 atom stereocenters. The van der Waals surface area contributed by atoms with Crippen LogP contribution in [0, 0.1) is 0 Å². The Labute approximate surface area is 181 Å². The van der Waals surface area contributed by atoms with Crippen LogP contribution in [0.2, 0.25) is 0 Å². The summed E-state index contributed by atoms with van der Waals surface area (Å²) in [5.74, 6) is 1.25. The first-order valence-electron chi connectivity index (χ1n) is 10.2. The highest BCUT2D eigenvalue weighted by molar-refractivity contribution is 5.96. The summed E-state index contributed by atoms with van der Waals surface area (Å²) in [7, 11) is 3.14. The van der Waals surface area contributed by atoms with E-state index in [2.05, 4.69) is 17.2 Å². The van der Waals surface area contributed by atoms with E-state index in [1.54, 1.807) is 49.1 Å². The van der Waals surface area contributed by atoms with Crippen LogP contribution in [0.3, 0.4) is 0 Å². The molecule has 0 fully saturated rings. The fraction of sp³-hybridized carbons (Fsp3) is 0.348. The summed E-state index contributed by atoms with van der Waals surface area (Å²) in [4.78, 5) is 12.2. The lowest BCUT2D eigenvalue weighted by Gasteiger charge is -2.06. The van der Waals surface area contributed by atoms with Crippen molar-refractivity contribution in [3.63, 3.8) is 0 Å². The van der Waals surface area contributed by atoms with E-state index in [1.807, 2.05) is 12.1 Å². The van der Waals surface area contributed by atoms with Gasteiger partial charge in [-0.3, -0.25) is 4.79 Å². The summed E-state index contributed by atoms with van der Waals surface area (Å²) in [5.41, 5.74) is 1.05. The monoisotopic (exact) mass is 425 g/mol. The van der Waals surface area contributed by atoms with Gasteiger partial charge in [0.05, 0.1) is 19.7 Å². The molecule has 164 valence electrons. The van der Waals surface area contributed by atoms with Crippen LogP contribution in [0.1, 0.15) is 26.2 Å². The molecular formula is C23H27N3O5. The maximum atomic E-state index is 12.2. The number of carbonyl (C=O) groups excluding carboxylic acids is 1. The van der Waals surface area contributed by atoms with Gasteiger partial charge in [-0.25, -0.2) is 0 Å². The van der Waals surface area contributed by atoms with Gasteiger partial charge in [0, 0.05) is 11.9 Å².